The first-order valence-electron chi connectivity index (χ1n) is 6.70. The monoisotopic (exact) mass is 346 g/mol. The lowest BCUT2D eigenvalue weighted by Gasteiger charge is -2.25. The highest BCUT2D eigenvalue weighted by atomic mass is 79.9. The van der Waals surface area contributed by atoms with Crippen LogP contribution in [0.4, 0.5) is 0 Å². The van der Waals surface area contributed by atoms with Crippen LogP contribution >= 0.6 is 27.5 Å². The Morgan fingerprint density at radius 3 is 2.42 bits per heavy atom. The van der Waals surface area contributed by atoms with Gasteiger partial charge in [0.05, 0.1) is 17.0 Å². The zero-order chi connectivity index (χ0) is 14.6. The predicted octanol–water partition coefficient (Wildman–Crippen LogP) is 6.20. The molecule has 1 rings (SSSR count). The van der Waals surface area contributed by atoms with Crippen LogP contribution in [-0.2, 0) is 0 Å². The molecule has 0 saturated carbocycles. The molecule has 0 bridgehead atoms. The number of hydrogen-bond donors (Lipinski definition) is 0. The Labute approximate surface area is 130 Å². The minimum atomic E-state index is 0.0551. The summed E-state index contributed by atoms with van der Waals surface area (Å²) in [7, 11) is 1.67. The Morgan fingerprint density at radius 1 is 1.32 bits per heavy atom. The lowest BCUT2D eigenvalue weighted by molar-refractivity contribution is 0.295. The van der Waals surface area contributed by atoms with Crippen molar-refractivity contribution in [1.29, 1.82) is 0 Å². The van der Waals surface area contributed by atoms with Crippen LogP contribution in [0.5, 0.6) is 5.75 Å². The number of hydrogen-bond acceptors (Lipinski definition) is 1. The molecule has 0 aromatic heterocycles. The van der Waals surface area contributed by atoms with Crippen molar-refractivity contribution >= 4 is 27.5 Å². The molecule has 0 aliphatic heterocycles. The molecule has 0 saturated heterocycles. The molecule has 3 heteroatoms. The molecular formula is C16H24BrClO. The van der Waals surface area contributed by atoms with Crippen LogP contribution in [0.25, 0.3) is 0 Å². The van der Waals surface area contributed by atoms with E-state index in [2.05, 4.69) is 49.7 Å². The third-order valence-electron chi connectivity index (χ3n) is 3.11. The quantitative estimate of drug-likeness (QED) is 0.576. The van der Waals surface area contributed by atoms with E-state index in [4.69, 9.17) is 16.3 Å². The third-order valence-corrected chi connectivity index (χ3v) is 4.16. The first kappa shape index (κ1) is 16.8. The molecule has 0 fully saturated rings. The third kappa shape index (κ3) is 5.74. The molecular weight excluding hydrogens is 324 g/mol. The van der Waals surface area contributed by atoms with Crippen molar-refractivity contribution in [2.45, 2.75) is 45.9 Å². The Hall–Kier alpha value is -0.210. The number of halogens is 2. The molecule has 0 spiro atoms. The van der Waals surface area contributed by atoms with Crippen molar-refractivity contribution in [2.75, 3.05) is 7.11 Å². The molecule has 2 unspecified atom stereocenters. The van der Waals surface area contributed by atoms with E-state index in [0.29, 0.717) is 11.3 Å². The number of rotatable bonds is 5. The van der Waals surface area contributed by atoms with Crippen molar-refractivity contribution in [3.63, 3.8) is 0 Å². The summed E-state index contributed by atoms with van der Waals surface area (Å²) in [6.07, 6.45) is 2.19. The van der Waals surface area contributed by atoms with Gasteiger partial charge in [0, 0.05) is 0 Å². The van der Waals surface area contributed by atoms with Crippen molar-refractivity contribution in [3.05, 3.63) is 28.2 Å². The number of benzene rings is 1. The molecule has 0 N–H and O–H groups in total. The van der Waals surface area contributed by atoms with Crippen LogP contribution in [0.15, 0.2) is 22.7 Å². The average molecular weight is 348 g/mol. The molecule has 0 radical (unpaired) electrons. The van der Waals surface area contributed by atoms with E-state index in [1.54, 1.807) is 7.11 Å². The van der Waals surface area contributed by atoms with Gasteiger partial charge in [0.25, 0.3) is 0 Å². The molecule has 1 nitrogen and oxygen atoms in total. The summed E-state index contributed by atoms with van der Waals surface area (Å²) >= 11 is 10.0. The summed E-state index contributed by atoms with van der Waals surface area (Å²) in [6.45, 7) is 9.10. The second-order valence-corrected chi connectivity index (χ2v) is 7.85. The normalized spacial score (nSPS) is 15.1. The maximum absolute atomic E-state index is 6.54. The van der Waals surface area contributed by atoms with Gasteiger partial charge in [0.2, 0.25) is 0 Å². The molecule has 2 atom stereocenters. The molecule has 19 heavy (non-hydrogen) atoms. The first-order valence-corrected chi connectivity index (χ1v) is 7.93. The smallest absolute Gasteiger partial charge is 0.133 e. The van der Waals surface area contributed by atoms with Crippen molar-refractivity contribution in [2.24, 2.45) is 11.3 Å². The summed E-state index contributed by atoms with van der Waals surface area (Å²) in [6, 6.07) is 6.06. The number of ether oxygens (including phenoxy) is 1. The van der Waals surface area contributed by atoms with E-state index < -0.39 is 0 Å². The Kier molecular flexibility index (Phi) is 6.19. The lowest BCUT2D eigenvalue weighted by Crippen LogP contribution is -2.12. The summed E-state index contributed by atoms with van der Waals surface area (Å²) < 4.78 is 6.20. The van der Waals surface area contributed by atoms with Crippen LogP contribution < -0.4 is 4.74 Å². The maximum atomic E-state index is 6.54. The molecule has 0 heterocycles. The van der Waals surface area contributed by atoms with Gasteiger partial charge in [0.15, 0.2) is 0 Å². The van der Waals surface area contributed by atoms with Gasteiger partial charge in [-0.25, -0.2) is 0 Å². The molecule has 1 aromatic rings. The largest absolute Gasteiger partial charge is 0.496 e. The summed E-state index contributed by atoms with van der Waals surface area (Å²) in [5.74, 6) is 1.46. The molecule has 0 amide bonds. The summed E-state index contributed by atoms with van der Waals surface area (Å²) in [5.41, 5.74) is 1.51. The Morgan fingerprint density at radius 2 is 1.95 bits per heavy atom. The topological polar surface area (TPSA) is 9.23 Å². The van der Waals surface area contributed by atoms with E-state index in [1.165, 1.54) is 6.42 Å². The fraction of sp³-hybridized carbons (Fsp3) is 0.625. The zero-order valence-corrected chi connectivity index (χ0v) is 14.8. The SMILES string of the molecule is COc1ccc(C(Cl)CC(C)CC(C)(C)C)cc1Br. The highest BCUT2D eigenvalue weighted by Crippen LogP contribution is 2.36. The van der Waals surface area contributed by atoms with Gasteiger partial charge in [-0.2, -0.15) is 0 Å². The minimum Gasteiger partial charge on any atom is -0.496 e. The van der Waals surface area contributed by atoms with Gasteiger partial charge < -0.3 is 4.74 Å². The second kappa shape index (κ2) is 6.99. The van der Waals surface area contributed by atoms with Gasteiger partial charge >= 0.3 is 0 Å². The van der Waals surface area contributed by atoms with E-state index in [1.807, 2.05) is 12.1 Å². The number of alkyl halides is 1. The van der Waals surface area contributed by atoms with Crippen LogP contribution in [0.1, 0.15) is 51.5 Å². The van der Waals surface area contributed by atoms with E-state index in [-0.39, 0.29) is 5.38 Å². The highest BCUT2D eigenvalue weighted by Gasteiger charge is 2.19. The van der Waals surface area contributed by atoms with Gasteiger partial charge in [0.1, 0.15) is 5.75 Å². The maximum Gasteiger partial charge on any atom is 0.133 e. The van der Waals surface area contributed by atoms with Crippen LogP contribution in [0, 0.1) is 11.3 Å². The summed E-state index contributed by atoms with van der Waals surface area (Å²) in [5, 5.41) is 0.0551. The molecule has 0 aliphatic carbocycles. The van der Waals surface area contributed by atoms with Gasteiger partial charge in [-0.15, -0.1) is 11.6 Å². The number of methoxy groups -OCH3 is 1. The Bertz CT molecular complexity index is 412. The lowest BCUT2D eigenvalue weighted by atomic mass is 9.83. The average Bonchev–Trinajstić information content (AvgIpc) is 2.26. The van der Waals surface area contributed by atoms with Crippen LogP contribution in [0.2, 0.25) is 0 Å². The fourth-order valence-corrected chi connectivity index (χ4v) is 3.49. The van der Waals surface area contributed by atoms with E-state index >= 15 is 0 Å². The van der Waals surface area contributed by atoms with Gasteiger partial charge in [-0.05, 0) is 57.8 Å². The van der Waals surface area contributed by atoms with Crippen molar-refractivity contribution in [3.8, 4) is 5.75 Å². The Balaban J connectivity index is 2.68. The molecule has 1 aromatic carbocycles. The van der Waals surface area contributed by atoms with E-state index in [0.717, 1.165) is 22.2 Å². The van der Waals surface area contributed by atoms with Crippen molar-refractivity contribution in [1.82, 2.24) is 0 Å². The second-order valence-electron chi connectivity index (χ2n) is 6.47. The van der Waals surface area contributed by atoms with Crippen LogP contribution in [0.3, 0.4) is 0 Å². The standard InChI is InChI=1S/C16H24BrClO/c1-11(10-16(2,3)4)8-14(18)12-6-7-15(19-5)13(17)9-12/h6-7,9,11,14H,8,10H2,1-5H3. The molecule has 108 valence electrons. The fourth-order valence-electron chi connectivity index (χ4n) is 2.50. The summed E-state index contributed by atoms with van der Waals surface area (Å²) in [4.78, 5) is 0. The first-order chi connectivity index (χ1) is 8.73. The predicted molar refractivity (Wildman–Crippen MR) is 87.1 cm³/mol. The van der Waals surface area contributed by atoms with E-state index in [9.17, 15) is 0 Å². The van der Waals surface area contributed by atoms with Crippen molar-refractivity contribution < 1.29 is 4.74 Å². The zero-order valence-electron chi connectivity index (χ0n) is 12.5. The minimum absolute atomic E-state index is 0.0551. The highest BCUT2D eigenvalue weighted by molar-refractivity contribution is 9.10. The van der Waals surface area contributed by atoms with Gasteiger partial charge in [-0.3, -0.25) is 0 Å². The molecule has 0 aliphatic rings. The van der Waals surface area contributed by atoms with Gasteiger partial charge in [-0.1, -0.05) is 33.8 Å². The van der Waals surface area contributed by atoms with Crippen LogP contribution in [-0.4, -0.2) is 7.11 Å².